The maximum absolute atomic E-state index is 14.2. The van der Waals surface area contributed by atoms with Crippen LogP contribution in [0.15, 0.2) is 37.1 Å². The fourth-order valence-electron chi connectivity index (χ4n) is 6.29. The van der Waals surface area contributed by atoms with E-state index in [0.717, 1.165) is 32.1 Å². The molecule has 2 fully saturated rings. The average Bonchev–Trinajstić information content (AvgIpc) is 3.54. The van der Waals surface area contributed by atoms with Crippen molar-refractivity contribution in [2.45, 2.75) is 116 Å². The Morgan fingerprint density at radius 3 is 2.35 bits per heavy atom. The van der Waals surface area contributed by atoms with Gasteiger partial charge in [-0.05, 0) is 55.6 Å². The molecule has 2 aliphatic rings. The Balaban J connectivity index is 1.79. The molecule has 2 heterocycles. The lowest BCUT2D eigenvalue weighted by Gasteiger charge is -2.37. The summed E-state index contributed by atoms with van der Waals surface area (Å²) >= 11 is 0. The minimum atomic E-state index is -1.46. The van der Waals surface area contributed by atoms with Gasteiger partial charge in [-0.25, -0.2) is 0 Å². The van der Waals surface area contributed by atoms with Gasteiger partial charge in [0.2, 0.25) is 17.7 Å². The van der Waals surface area contributed by atoms with Gasteiger partial charge < -0.3 is 31.3 Å². The Morgan fingerprint density at radius 2 is 1.74 bits per heavy atom. The lowest BCUT2D eigenvalue weighted by Crippen LogP contribution is -2.62. The lowest BCUT2D eigenvalue weighted by atomic mass is 9.82. The molecule has 0 spiro atoms. The molecule has 1 aliphatic carbocycles. The first kappa shape index (κ1) is 36.7. The smallest absolute Gasteiger partial charge is 0.270 e. The van der Waals surface area contributed by atoms with E-state index in [0.29, 0.717) is 32.2 Å². The summed E-state index contributed by atoms with van der Waals surface area (Å²) in [5, 5.41) is 21.9. The number of pyridine rings is 1. The van der Waals surface area contributed by atoms with E-state index in [1.807, 2.05) is 27.7 Å². The van der Waals surface area contributed by atoms with Crippen LogP contribution in [0, 0.1) is 11.3 Å². The van der Waals surface area contributed by atoms with Crippen LogP contribution in [0.4, 0.5) is 0 Å². The van der Waals surface area contributed by atoms with Crippen molar-refractivity contribution in [2.75, 3.05) is 13.1 Å². The van der Waals surface area contributed by atoms with Gasteiger partial charge in [0.1, 0.15) is 23.8 Å². The van der Waals surface area contributed by atoms with E-state index in [1.54, 1.807) is 18.2 Å². The second-order valence-corrected chi connectivity index (χ2v) is 13.4. The number of likely N-dealkylation sites (tertiary alicyclic amines) is 1. The molecule has 1 aliphatic heterocycles. The molecule has 1 aromatic heterocycles. The number of hydrogen-bond acceptors (Lipinski definition) is 7. The van der Waals surface area contributed by atoms with Crippen LogP contribution >= 0.6 is 0 Å². The summed E-state index contributed by atoms with van der Waals surface area (Å²) in [5.74, 6) is -2.45. The number of nitrogens with one attached hydrogen (secondary N) is 4. The van der Waals surface area contributed by atoms with Crippen LogP contribution in [0.5, 0.6) is 0 Å². The summed E-state index contributed by atoms with van der Waals surface area (Å²) in [6.45, 7) is 11.5. The Hall–Kier alpha value is -3.80. The predicted molar refractivity (Wildman–Crippen MR) is 174 cm³/mol. The van der Waals surface area contributed by atoms with E-state index in [4.69, 9.17) is 0 Å². The highest BCUT2D eigenvalue weighted by atomic mass is 16.3. The number of carbonyl (C=O) groups is 5. The van der Waals surface area contributed by atoms with Crippen molar-refractivity contribution in [3.63, 3.8) is 0 Å². The third-order valence-electron chi connectivity index (χ3n) is 8.82. The second-order valence-electron chi connectivity index (χ2n) is 13.4. The summed E-state index contributed by atoms with van der Waals surface area (Å²) in [6.07, 6.45) is 8.03. The van der Waals surface area contributed by atoms with Gasteiger partial charge in [-0.1, -0.05) is 65.5 Å². The van der Waals surface area contributed by atoms with E-state index < -0.39 is 65.2 Å². The van der Waals surface area contributed by atoms with E-state index in [9.17, 15) is 29.1 Å². The van der Waals surface area contributed by atoms with Crippen LogP contribution in [0.3, 0.4) is 0 Å². The van der Waals surface area contributed by atoms with Gasteiger partial charge in [0.15, 0.2) is 6.10 Å². The molecule has 5 atom stereocenters. The molecule has 46 heavy (non-hydrogen) atoms. The van der Waals surface area contributed by atoms with Crippen LogP contribution in [0.2, 0.25) is 0 Å². The highest BCUT2D eigenvalue weighted by molar-refractivity contribution is 5.98. The molecular formula is C34H52N6O6. The Bertz CT molecular complexity index is 1210. The highest BCUT2D eigenvalue weighted by Crippen LogP contribution is 2.29. The summed E-state index contributed by atoms with van der Waals surface area (Å²) in [6, 6.07) is 1.51. The molecule has 1 saturated carbocycles. The quantitative estimate of drug-likeness (QED) is 0.194. The largest absolute Gasteiger partial charge is 0.381 e. The molecule has 254 valence electrons. The Kier molecular flexibility index (Phi) is 13.7. The standard InChI is InChI=1S/C34H52N6O6/c1-6-14-23(27(41)32(45)36-19-7-2)37-30(43)25-18-13-21-40(25)33(46)28(34(3,4)5)39-31(44)26(22-15-9-8-10-16-22)38-29(42)24-17-11-12-20-35-24/h7,11-12,17,20,22-23,25-28,41H,2,6,8-10,13-16,18-19,21H2,1,3-5H3,(H,36,45)(H,37,43)(H,38,42)(H,39,44)/t23?,25-,26-,27?,28+/m0/s1. The van der Waals surface area contributed by atoms with Gasteiger partial charge in [0.25, 0.3) is 11.8 Å². The number of amides is 5. The summed E-state index contributed by atoms with van der Waals surface area (Å²) in [7, 11) is 0. The molecule has 12 heteroatoms. The van der Waals surface area contributed by atoms with Gasteiger partial charge in [-0.3, -0.25) is 29.0 Å². The topological polar surface area (TPSA) is 170 Å². The van der Waals surface area contributed by atoms with Crippen LogP contribution in [-0.4, -0.2) is 87.9 Å². The minimum Gasteiger partial charge on any atom is -0.381 e. The normalized spacial score (nSPS) is 19.7. The fourth-order valence-corrected chi connectivity index (χ4v) is 6.29. The number of nitrogens with zero attached hydrogens (tertiary/aromatic N) is 2. The third kappa shape index (κ3) is 9.85. The van der Waals surface area contributed by atoms with E-state index in [1.165, 1.54) is 17.2 Å². The van der Waals surface area contributed by atoms with E-state index in [-0.39, 0.29) is 18.2 Å². The Labute approximate surface area is 272 Å². The van der Waals surface area contributed by atoms with Gasteiger partial charge in [0, 0.05) is 19.3 Å². The molecule has 12 nitrogen and oxygen atoms in total. The minimum absolute atomic E-state index is 0.0898. The van der Waals surface area contributed by atoms with Gasteiger partial charge >= 0.3 is 0 Å². The van der Waals surface area contributed by atoms with Crippen molar-refractivity contribution in [3.8, 4) is 0 Å². The summed E-state index contributed by atoms with van der Waals surface area (Å²) in [4.78, 5) is 72.8. The molecule has 0 bridgehead atoms. The molecule has 5 amide bonds. The van der Waals surface area contributed by atoms with Crippen molar-refractivity contribution in [1.82, 2.24) is 31.2 Å². The first-order chi connectivity index (χ1) is 21.9. The fraction of sp³-hybridized carbons (Fsp3) is 0.647. The van der Waals surface area contributed by atoms with E-state index >= 15 is 0 Å². The van der Waals surface area contributed by atoms with Crippen LogP contribution in [0.25, 0.3) is 0 Å². The first-order valence-corrected chi connectivity index (χ1v) is 16.6. The predicted octanol–water partition coefficient (Wildman–Crippen LogP) is 2.23. The molecule has 3 rings (SSSR count). The number of aliphatic hydroxyl groups is 1. The van der Waals surface area contributed by atoms with Crippen molar-refractivity contribution >= 4 is 29.5 Å². The molecule has 1 saturated heterocycles. The van der Waals surface area contributed by atoms with Crippen LogP contribution in [0.1, 0.15) is 96.0 Å². The zero-order valence-corrected chi connectivity index (χ0v) is 27.7. The van der Waals surface area contributed by atoms with Crippen molar-refractivity contribution in [3.05, 3.63) is 42.7 Å². The van der Waals surface area contributed by atoms with Crippen LogP contribution < -0.4 is 21.3 Å². The number of aromatic nitrogens is 1. The molecule has 5 N–H and O–H groups in total. The highest BCUT2D eigenvalue weighted by Gasteiger charge is 2.44. The molecule has 2 unspecified atom stereocenters. The number of carbonyl (C=O) groups excluding carboxylic acids is 5. The average molecular weight is 641 g/mol. The monoisotopic (exact) mass is 640 g/mol. The van der Waals surface area contributed by atoms with Crippen molar-refractivity contribution in [1.29, 1.82) is 0 Å². The maximum Gasteiger partial charge on any atom is 0.270 e. The molecule has 1 aromatic rings. The third-order valence-corrected chi connectivity index (χ3v) is 8.82. The maximum atomic E-state index is 14.2. The zero-order chi connectivity index (χ0) is 33.9. The van der Waals surface area contributed by atoms with Gasteiger partial charge in [0.05, 0.1) is 6.04 Å². The summed E-state index contributed by atoms with van der Waals surface area (Å²) in [5.41, 5.74) is -0.516. The van der Waals surface area contributed by atoms with Gasteiger partial charge in [-0.2, -0.15) is 0 Å². The number of hydrogen-bond donors (Lipinski definition) is 5. The summed E-state index contributed by atoms with van der Waals surface area (Å²) < 4.78 is 0. The van der Waals surface area contributed by atoms with E-state index in [2.05, 4.69) is 32.8 Å². The second kappa shape index (κ2) is 17.2. The Morgan fingerprint density at radius 1 is 1.02 bits per heavy atom. The van der Waals surface area contributed by atoms with Gasteiger partial charge in [-0.15, -0.1) is 6.58 Å². The van der Waals surface area contributed by atoms with Crippen LogP contribution in [-0.2, 0) is 19.2 Å². The molecular weight excluding hydrogens is 588 g/mol. The van der Waals surface area contributed by atoms with Crippen molar-refractivity contribution < 1.29 is 29.1 Å². The van der Waals surface area contributed by atoms with Crippen molar-refractivity contribution in [2.24, 2.45) is 11.3 Å². The molecule has 0 aromatic carbocycles. The lowest BCUT2D eigenvalue weighted by molar-refractivity contribution is -0.145. The number of rotatable bonds is 14. The molecule has 0 radical (unpaired) electrons. The zero-order valence-electron chi connectivity index (χ0n) is 27.7. The number of aliphatic hydroxyl groups excluding tert-OH is 1. The first-order valence-electron chi connectivity index (χ1n) is 16.6. The SMILES string of the molecule is C=CCNC(=O)C(O)C(CCC)NC(=O)[C@@H]1CCCN1C(=O)[C@@H](NC(=O)[C@@H](NC(=O)c1ccccn1)C1CCCCC1)C(C)(C)C.